The lowest BCUT2D eigenvalue weighted by molar-refractivity contribution is 0.394. The lowest BCUT2D eigenvalue weighted by Crippen LogP contribution is -2.36. The van der Waals surface area contributed by atoms with Gasteiger partial charge in [-0.15, -0.1) is 0 Å². The Morgan fingerprint density at radius 3 is 1.65 bits per heavy atom. The Bertz CT molecular complexity index is 3730. The molecular formula is C67H52N2. The molecule has 2 heteroatoms. The molecule has 0 aliphatic heterocycles. The van der Waals surface area contributed by atoms with Gasteiger partial charge < -0.3 is 9.80 Å². The fourth-order valence-electron chi connectivity index (χ4n) is 12.3. The largest absolute Gasteiger partial charge is 0.332 e. The zero-order chi connectivity index (χ0) is 46.1. The second-order valence-corrected chi connectivity index (χ2v) is 19.6. The molecule has 13 rings (SSSR count). The number of fused-ring (bicyclic) bond motifs is 7. The molecule has 4 unspecified atom stereocenters. The van der Waals surface area contributed by atoms with Crippen LogP contribution in [0.1, 0.15) is 42.4 Å². The Morgan fingerprint density at radius 2 is 0.913 bits per heavy atom. The molecule has 0 saturated heterocycles. The molecule has 0 amide bonds. The first-order valence-electron chi connectivity index (χ1n) is 24.5. The van der Waals surface area contributed by atoms with Crippen molar-refractivity contribution in [1.82, 2.24) is 0 Å². The van der Waals surface area contributed by atoms with E-state index >= 15 is 0 Å². The van der Waals surface area contributed by atoms with E-state index in [9.17, 15) is 0 Å². The van der Waals surface area contributed by atoms with Gasteiger partial charge in [0.05, 0.1) is 28.8 Å². The molecule has 69 heavy (non-hydrogen) atoms. The number of rotatable bonds is 8. The predicted molar refractivity (Wildman–Crippen MR) is 294 cm³/mol. The summed E-state index contributed by atoms with van der Waals surface area (Å²) in [5.74, 6) is 0.685. The van der Waals surface area contributed by atoms with Gasteiger partial charge in [0, 0.05) is 55.4 Å². The van der Waals surface area contributed by atoms with Gasteiger partial charge in [0.1, 0.15) is 0 Å². The highest BCUT2D eigenvalue weighted by Gasteiger charge is 2.45. The molecule has 330 valence electrons. The van der Waals surface area contributed by atoms with Crippen LogP contribution in [0.5, 0.6) is 0 Å². The highest BCUT2D eigenvalue weighted by Crippen LogP contribution is 2.59. The van der Waals surface area contributed by atoms with Gasteiger partial charge in [0.15, 0.2) is 0 Å². The summed E-state index contributed by atoms with van der Waals surface area (Å²) in [4.78, 5) is 5.33. The van der Waals surface area contributed by atoms with Crippen LogP contribution in [-0.4, -0.2) is 6.04 Å². The first kappa shape index (κ1) is 41.0. The Balaban J connectivity index is 1.22. The molecule has 10 aromatic carbocycles. The molecule has 0 aromatic heterocycles. The number of hydrogen-bond acceptors (Lipinski definition) is 2. The van der Waals surface area contributed by atoms with Gasteiger partial charge in [-0.05, 0) is 74.7 Å². The number of nitrogens with zero attached hydrogens (tertiary/aromatic N) is 2. The van der Waals surface area contributed by atoms with E-state index in [1.807, 2.05) is 0 Å². The number of hydrogen-bond donors (Lipinski definition) is 0. The first-order chi connectivity index (χ1) is 34.0. The minimum Gasteiger partial charge on any atom is -0.332 e. The van der Waals surface area contributed by atoms with Crippen LogP contribution in [0.15, 0.2) is 255 Å². The topological polar surface area (TPSA) is 6.48 Å². The third kappa shape index (κ3) is 6.61. The lowest BCUT2D eigenvalue weighted by Gasteiger charge is -2.40. The SMILES string of the molecule is CC1(C)c2cc3c(N(c4ccccc4-c4ccccc4)c4cccc5ccccc45)c4ccccc4c(N(c4cccc5ccccc45)C4C=CC=CC4c4ccccc4)c3cc2C2C=CC=CC21. The summed E-state index contributed by atoms with van der Waals surface area (Å²) in [7, 11) is 0. The van der Waals surface area contributed by atoms with Crippen LogP contribution in [0.25, 0.3) is 54.2 Å². The maximum Gasteiger partial charge on any atom is 0.0629 e. The van der Waals surface area contributed by atoms with Crippen molar-refractivity contribution in [2.24, 2.45) is 5.92 Å². The summed E-state index contributed by atoms with van der Waals surface area (Å²) < 4.78 is 0. The highest BCUT2D eigenvalue weighted by atomic mass is 15.2. The van der Waals surface area contributed by atoms with Crippen LogP contribution in [0.2, 0.25) is 0 Å². The minimum atomic E-state index is -0.116. The number of anilines is 5. The van der Waals surface area contributed by atoms with Crippen molar-refractivity contribution in [1.29, 1.82) is 0 Å². The van der Waals surface area contributed by atoms with E-state index < -0.39 is 0 Å². The summed E-state index contributed by atoms with van der Waals surface area (Å²) >= 11 is 0. The summed E-state index contributed by atoms with van der Waals surface area (Å²) in [6.45, 7) is 4.93. The monoisotopic (exact) mass is 884 g/mol. The van der Waals surface area contributed by atoms with Crippen LogP contribution in [0.3, 0.4) is 0 Å². The van der Waals surface area contributed by atoms with Gasteiger partial charge in [-0.3, -0.25) is 0 Å². The molecule has 4 atom stereocenters. The molecule has 3 aliphatic rings. The van der Waals surface area contributed by atoms with E-state index in [1.54, 1.807) is 0 Å². The zero-order valence-electron chi connectivity index (χ0n) is 39.0. The molecule has 10 aromatic rings. The predicted octanol–water partition coefficient (Wildman–Crippen LogP) is 18.0. The zero-order valence-corrected chi connectivity index (χ0v) is 39.0. The van der Waals surface area contributed by atoms with Crippen molar-refractivity contribution in [3.63, 3.8) is 0 Å². The van der Waals surface area contributed by atoms with E-state index in [-0.39, 0.29) is 23.3 Å². The van der Waals surface area contributed by atoms with Gasteiger partial charge in [-0.2, -0.15) is 0 Å². The van der Waals surface area contributed by atoms with Crippen LogP contribution in [0, 0.1) is 5.92 Å². The molecule has 0 N–H and O–H groups in total. The number of para-hydroxylation sites is 1. The van der Waals surface area contributed by atoms with Gasteiger partial charge in [0.25, 0.3) is 0 Å². The van der Waals surface area contributed by atoms with E-state index in [0.717, 1.165) is 11.4 Å². The fraction of sp³-hybridized carbons (Fsp3) is 0.104. The Morgan fingerprint density at radius 1 is 0.391 bits per heavy atom. The maximum absolute atomic E-state index is 2.72. The second-order valence-electron chi connectivity index (χ2n) is 19.6. The molecule has 0 saturated carbocycles. The molecule has 0 heterocycles. The molecule has 0 spiro atoms. The quantitative estimate of drug-likeness (QED) is 0.111. The van der Waals surface area contributed by atoms with Crippen molar-refractivity contribution in [3.05, 3.63) is 272 Å². The van der Waals surface area contributed by atoms with Crippen molar-refractivity contribution in [2.75, 3.05) is 9.80 Å². The Labute approximate surface area is 405 Å². The van der Waals surface area contributed by atoms with Crippen molar-refractivity contribution in [3.8, 4) is 11.1 Å². The molecule has 0 fully saturated rings. The van der Waals surface area contributed by atoms with E-state index in [0.29, 0.717) is 5.92 Å². The molecule has 2 nitrogen and oxygen atoms in total. The van der Waals surface area contributed by atoms with Crippen molar-refractivity contribution < 1.29 is 0 Å². The van der Waals surface area contributed by atoms with Crippen molar-refractivity contribution >= 4 is 71.5 Å². The average molecular weight is 885 g/mol. The van der Waals surface area contributed by atoms with Gasteiger partial charge in [0.2, 0.25) is 0 Å². The van der Waals surface area contributed by atoms with E-state index in [4.69, 9.17) is 0 Å². The van der Waals surface area contributed by atoms with E-state index in [2.05, 4.69) is 279 Å². The standard InChI is InChI=1S/C67H52N2/c1-67(2)59-38-18-15-35-53(59)56-43-57-58(44-60(56)67)66(69(64-42-22-30-48-28-10-12-32-52(48)64)62-40-20-17-34-50(62)46-25-7-4-8-26-46)55-37-14-13-36-54(55)65(57)68(63-41-21-29-47-27-9-11-31-51(47)63)61-39-19-16-33-49(61)45-23-5-3-6-24-45/h3-44,49,53,59,61H,1-2H3. The smallest absolute Gasteiger partial charge is 0.0629 e. The number of allylic oxidation sites excluding steroid dienone is 6. The molecule has 0 bridgehead atoms. The Kier molecular flexibility index (Phi) is 9.83. The van der Waals surface area contributed by atoms with Crippen LogP contribution in [-0.2, 0) is 5.41 Å². The summed E-state index contributed by atoms with van der Waals surface area (Å²) in [5.41, 5.74) is 12.2. The van der Waals surface area contributed by atoms with Crippen LogP contribution < -0.4 is 9.80 Å². The van der Waals surface area contributed by atoms with Crippen LogP contribution >= 0.6 is 0 Å². The molecule has 3 aliphatic carbocycles. The highest BCUT2D eigenvalue weighted by molar-refractivity contribution is 6.24. The van der Waals surface area contributed by atoms with Crippen LogP contribution in [0.4, 0.5) is 28.4 Å². The molecular weight excluding hydrogens is 833 g/mol. The fourth-order valence-corrected chi connectivity index (χ4v) is 12.3. The van der Waals surface area contributed by atoms with Gasteiger partial charge in [-0.1, -0.05) is 238 Å². The minimum absolute atomic E-state index is 0.0522. The van der Waals surface area contributed by atoms with Gasteiger partial charge in [-0.25, -0.2) is 0 Å². The van der Waals surface area contributed by atoms with Crippen molar-refractivity contribution in [2.45, 2.75) is 37.1 Å². The summed E-state index contributed by atoms with van der Waals surface area (Å²) in [6, 6.07) is 76.9. The lowest BCUT2D eigenvalue weighted by atomic mass is 9.74. The third-order valence-corrected chi connectivity index (χ3v) is 15.5. The van der Waals surface area contributed by atoms with E-state index in [1.165, 1.54) is 88.0 Å². The maximum atomic E-state index is 2.72. The normalized spacial score (nSPS) is 18.8. The Hall–Kier alpha value is -8.20. The molecule has 0 radical (unpaired) electrons. The number of benzene rings is 10. The average Bonchev–Trinajstić information content (AvgIpc) is 3.64. The first-order valence-corrected chi connectivity index (χ1v) is 24.5. The van der Waals surface area contributed by atoms with Gasteiger partial charge >= 0.3 is 0 Å². The third-order valence-electron chi connectivity index (χ3n) is 15.5. The summed E-state index contributed by atoms with van der Waals surface area (Å²) in [6.07, 6.45) is 18.8. The summed E-state index contributed by atoms with van der Waals surface area (Å²) in [5, 5.41) is 9.74. The second kappa shape index (κ2) is 16.5.